The van der Waals surface area contributed by atoms with Crippen LogP contribution in [0.2, 0.25) is 0 Å². The first-order valence-corrected chi connectivity index (χ1v) is 7.32. The normalized spacial score (nSPS) is 11.8. The van der Waals surface area contributed by atoms with E-state index in [2.05, 4.69) is 5.32 Å². The molecule has 3 aromatic carbocycles. The van der Waals surface area contributed by atoms with Gasteiger partial charge in [-0.1, -0.05) is 36.4 Å². The van der Waals surface area contributed by atoms with Crippen LogP contribution in [-0.2, 0) is 0 Å². The monoisotopic (exact) mass is 293 g/mol. The summed E-state index contributed by atoms with van der Waals surface area (Å²) < 4.78 is 0. The zero-order chi connectivity index (χ0) is 15.9. The molecule has 0 aliphatic rings. The molecule has 0 saturated heterocycles. The van der Waals surface area contributed by atoms with Crippen LogP contribution in [-0.4, -0.2) is 16.6 Å². The molecule has 3 rings (SSSR count). The molecule has 0 aromatic heterocycles. The van der Waals surface area contributed by atoms with Crippen molar-refractivity contribution in [1.82, 2.24) is 5.32 Å². The Kier molecular flexibility index (Phi) is 3.28. The largest absolute Gasteiger partial charge is 0.507 e. The van der Waals surface area contributed by atoms with Crippen molar-refractivity contribution in [1.29, 1.82) is 0 Å². The molecule has 0 saturated carbocycles. The Balaban J connectivity index is 2.22. The molecule has 3 aromatic rings. The number of fused-ring (bicyclic) bond motifs is 3. The second-order valence-corrected chi connectivity index (χ2v) is 6.58. The van der Waals surface area contributed by atoms with Gasteiger partial charge in [0.15, 0.2) is 0 Å². The van der Waals surface area contributed by atoms with E-state index >= 15 is 0 Å². The summed E-state index contributed by atoms with van der Waals surface area (Å²) in [6.45, 7) is 5.80. The van der Waals surface area contributed by atoms with E-state index in [9.17, 15) is 9.90 Å². The molecule has 1 amide bonds. The van der Waals surface area contributed by atoms with Gasteiger partial charge in [0, 0.05) is 16.5 Å². The first-order chi connectivity index (χ1) is 10.3. The average molecular weight is 293 g/mol. The van der Waals surface area contributed by atoms with Crippen LogP contribution in [0.5, 0.6) is 5.75 Å². The molecule has 0 aliphatic carbocycles. The van der Waals surface area contributed by atoms with Crippen LogP contribution < -0.4 is 5.32 Å². The number of carbonyl (C=O) groups excluding carboxylic acids is 1. The zero-order valence-electron chi connectivity index (χ0n) is 13.0. The summed E-state index contributed by atoms with van der Waals surface area (Å²) in [5, 5.41) is 17.0. The molecule has 0 atom stereocenters. The van der Waals surface area contributed by atoms with Gasteiger partial charge in [-0.05, 0) is 49.1 Å². The highest BCUT2D eigenvalue weighted by molar-refractivity contribution is 6.12. The lowest BCUT2D eigenvalue weighted by molar-refractivity contribution is 0.0919. The molecule has 0 bridgehead atoms. The highest BCUT2D eigenvalue weighted by atomic mass is 16.3. The topological polar surface area (TPSA) is 49.3 Å². The maximum atomic E-state index is 12.4. The van der Waals surface area contributed by atoms with Crippen LogP contribution in [0.1, 0.15) is 31.1 Å². The number of benzene rings is 3. The fourth-order valence-electron chi connectivity index (χ4n) is 2.64. The number of hydrogen-bond acceptors (Lipinski definition) is 2. The van der Waals surface area contributed by atoms with E-state index in [1.165, 1.54) is 6.07 Å². The molecule has 3 nitrogen and oxygen atoms in total. The zero-order valence-corrected chi connectivity index (χ0v) is 13.0. The van der Waals surface area contributed by atoms with Crippen molar-refractivity contribution in [2.75, 3.05) is 0 Å². The first-order valence-electron chi connectivity index (χ1n) is 7.32. The molecule has 3 heteroatoms. The maximum absolute atomic E-state index is 12.4. The SMILES string of the molecule is CC(C)(C)NC(=O)c1cc(O)c2ccc3ccccc3c2c1. The lowest BCUT2D eigenvalue weighted by atomic mass is 9.98. The van der Waals surface area contributed by atoms with E-state index in [1.807, 2.05) is 63.2 Å². The van der Waals surface area contributed by atoms with Gasteiger partial charge in [0.25, 0.3) is 5.91 Å². The van der Waals surface area contributed by atoms with Gasteiger partial charge < -0.3 is 10.4 Å². The Bertz CT molecular complexity index is 876. The third-order valence-electron chi connectivity index (χ3n) is 3.59. The third-order valence-corrected chi connectivity index (χ3v) is 3.59. The van der Waals surface area contributed by atoms with Crippen molar-refractivity contribution in [3.8, 4) is 5.75 Å². The first kappa shape index (κ1) is 14.4. The molecule has 0 heterocycles. The van der Waals surface area contributed by atoms with Crippen LogP contribution >= 0.6 is 0 Å². The van der Waals surface area contributed by atoms with Gasteiger partial charge in [-0.25, -0.2) is 0 Å². The Morgan fingerprint density at radius 2 is 1.68 bits per heavy atom. The number of nitrogens with one attached hydrogen (secondary N) is 1. The predicted octanol–water partition coefficient (Wildman–Crippen LogP) is 4.23. The van der Waals surface area contributed by atoms with Crippen molar-refractivity contribution in [3.05, 3.63) is 54.1 Å². The molecule has 0 fully saturated rings. The fourth-order valence-corrected chi connectivity index (χ4v) is 2.64. The second kappa shape index (κ2) is 5.02. The predicted molar refractivity (Wildman–Crippen MR) is 90.3 cm³/mol. The number of aromatic hydroxyl groups is 1. The smallest absolute Gasteiger partial charge is 0.251 e. The van der Waals surface area contributed by atoms with Gasteiger partial charge >= 0.3 is 0 Å². The number of rotatable bonds is 1. The van der Waals surface area contributed by atoms with Gasteiger partial charge in [-0.15, -0.1) is 0 Å². The van der Waals surface area contributed by atoms with Crippen molar-refractivity contribution >= 4 is 27.5 Å². The number of amides is 1. The summed E-state index contributed by atoms with van der Waals surface area (Å²) in [7, 11) is 0. The molecule has 0 radical (unpaired) electrons. The molecule has 112 valence electrons. The van der Waals surface area contributed by atoms with E-state index in [-0.39, 0.29) is 17.2 Å². The Morgan fingerprint density at radius 3 is 2.41 bits per heavy atom. The Labute approximate surface area is 129 Å². The van der Waals surface area contributed by atoms with Crippen LogP contribution in [0.15, 0.2) is 48.5 Å². The summed E-state index contributed by atoms with van der Waals surface area (Å²) in [6.07, 6.45) is 0. The maximum Gasteiger partial charge on any atom is 0.251 e. The van der Waals surface area contributed by atoms with Crippen LogP contribution in [0.3, 0.4) is 0 Å². The molecule has 22 heavy (non-hydrogen) atoms. The summed E-state index contributed by atoms with van der Waals surface area (Å²) >= 11 is 0. The van der Waals surface area contributed by atoms with Gasteiger partial charge in [0.05, 0.1) is 0 Å². The van der Waals surface area contributed by atoms with E-state index in [0.717, 1.165) is 21.5 Å². The number of hydrogen-bond donors (Lipinski definition) is 2. The number of phenols is 1. The minimum atomic E-state index is -0.319. The van der Waals surface area contributed by atoms with Gasteiger partial charge in [-0.3, -0.25) is 4.79 Å². The van der Waals surface area contributed by atoms with E-state index in [1.54, 1.807) is 0 Å². The van der Waals surface area contributed by atoms with E-state index in [4.69, 9.17) is 0 Å². The Morgan fingerprint density at radius 1 is 0.955 bits per heavy atom. The van der Waals surface area contributed by atoms with E-state index < -0.39 is 0 Å². The highest BCUT2D eigenvalue weighted by Gasteiger charge is 2.17. The van der Waals surface area contributed by atoms with Crippen LogP contribution in [0, 0.1) is 0 Å². The van der Waals surface area contributed by atoms with Gasteiger partial charge in [0.1, 0.15) is 5.75 Å². The number of phenolic OH excluding ortho intramolecular Hbond substituents is 1. The molecule has 2 N–H and O–H groups in total. The van der Waals surface area contributed by atoms with E-state index in [0.29, 0.717) is 5.56 Å². The standard InChI is InChI=1S/C19H19NO2/c1-19(2,3)20-18(22)13-10-16-14-7-5-4-6-12(14)8-9-15(16)17(21)11-13/h4-11,21H,1-3H3,(H,20,22). The minimum Gasteiger partial charge on any atom is -0.507 e. The van der Waals surface area contributed by atoms with Gasteiger partial charge in [0.2, 0.25) is 0 Å². The summed E-state index contributed by atoms with van der Waals surface area (Å²) in [5.41, 5.74) is 0.150. The fraction of sp³-hybridized carbons (Fsp3) is 0.211. The van der Waals surface area contributed by atoms with Crippen molar-refractivity contribution in [2.45, 2.75) is 26.3 Å². The quantitative estimate of drug-likeness (QED) is 0.660. The Hall–Kier alpha value is -2.55. The summed E-state index contributed by atoms with van der Waals surface area (Å²) in [5.74, 6) is -0.0556. The highest BCUT2D eigenvalue weighted by Crippen LogP contribution is 2.32. The van der Waals surface area contributed by atoms with Crippen molar-refractivity contribution in [3.63, 3.8) is 0 Å². The molecular weight excluding hydrogens is 274 g/mol. The van der Waals surface area contributed by atoms with Crippen LogP contribution in [0.4, 0.5) is 0 Å². The molecular formula is C19H19NO2. The molecule has 0 aliphatic heterocycles. The lowest BCUT2D eigenvalue weighted by Gasteiger charge is -2.20. The van der Waals surface area contributed by atoms with Crippen LogP contribution in [0.25, 0.3) is 21.5 Å². The third kappa shape index (κ3) is 2.62. The van der Waals surface area contributed by atoms with Crippen molar-refractivity contribution in [2.24, 2.45) is 0 Å². The lowest BCUT2D eigenvalue weighted by Crippen LogP contribution is -2.40. The van der Waals surface area contributed by atoms with Crippen molar-refractivity contribution < 1.29 is 9.90 Å². The minimum absolute atomic E-state index is 0.127. The number of carbonyl (C=O) groups is 1. The second-order valence-electron chi connectivity index (χ2n) is 6.58. The summed E-state index contributed by atoms with van der Waals surface area (Å²) in [6, 6.07) is 15.2. The van der Waals surface area contributed by atoms with Gasteiger partial charge in [-0.2, -0.15) is 0 Å². The molecule has 0 unspecified atom stereocenters. The molecule has 0 spiro atoms. The summed E-state index contributed by atoms with van der Waals surface area (Å²) in [4.78, 5) is 12.4. The average Bonchev–Trinajstić information content (AvgIpc) is 2.45.